The van der Waals surface area contributed by atoms with Gasteiger partial charge in [-0.2, -0.15) is 0 Å². The van der Waals surface area contributed by atoms with E-state index >= 15 is 0 Å². The lowest BCUT2D eigenvalue weighted by Gasteiger charge is -2.21. The second-order valence-electron chi connectivity index (χ2n) is 4.77. The Balaban J connectivity index is 2.63. The highest BCUT2D eigenvalue weighted by atomic mass is 35.5. The lowest BCUT2D eigenvalue weighted by atomic mass is 9.96. The van der Waals surface area contributed by atoms with Crippen LogP contribution in [-0.2, 0) is 0 Å². The van der Waals surface area contributed by atoms with Gasteiger partial charge in [0.05, 0.1) is 5.02 Å². The molecule has 0 spiro atoms. The molecular weight excluding hydrogens is 250 g/mol. The van der Waals surface area contributed by atoms with Crippen LogP contribution in [0.3, 0.4) is 0 Å². The summed E-state index contributed by atoms with van der Waals surface area (Å²) in [5.41, 5.74) is 0. The Morgan fingerprint density at radius 3 is 2.65 bits per heavy atom. The normalized spacial score (nSPS) is 14.8. The summed E-state index contributed by atoms with van der Waals surface area (Å²) in [5.74, 6) is 0.757. The smallest absolute Gasteiger partial charge is 0.0561 e. The van der Waals surface area contributed by atoms with Crippen LogP contribution < -0.4 is 5.32 Å². The molecule has 1 N–H and O–H groups in total. The summed E-state index contributed by atoms with van der Waals surface area (Å²) in [6.07, 6.45) is 4.92. The third-order valence-electron chi connectivity index (χ3n) is 3.02. The first kappa shape index (κ1) is 15.0. The highest BCUT2D eigenvalue weighted by Crippen LogP contribution is 2.33. The maximum absolute atomic E-state index is 6.24. The van der Waals surface area contributed by atoms with Crippen LogP contribution in [0.25, 0.3) is 0 Å². The van der Waals surface area contributed by atoms with Gasteiger partial charge >= 0.3 is 0 Å². The van der Waals surface area contributed by atoms with Crippen molar-refractivity contribution >= 4 is 22.9 Å². The van der Waals surface area contributed by atoms with E-state index in [0.29, 0.717) is 6.04 Å². The summed E-state index contributed by atoms with van der Waals surface area (Å²) in [6.45, 7) is 7.86. The standard InChI is InChI=1S/C14H24ClNS/c1-4-6-11(3)10-13(16-8-5-2)14-12(15)7-9-17-14/h7,9,11,13,16H,4-6,8,10H2,1-3H3. The van der Waals surface area contributed by atoms with Crippen molar-refractivity contribution in [3.05, 3.63) is 21.3 Å². The molecule has 0 aliphatic rings. The molecule has 2 unspecified atom stereocenters. The van der Waals surface area contributed by atoms with Crippen molar-refractivity contribution < 1.29 is 0 Å². The third-order valence-corrected chi connectivity index (χ3v) is 4.49. The molecule has 17 heavy (non-hydrogen) atoms. The van der Waals surface area contributed by atoms with Crippen LogP contribution in [0.4, 0.5) is 0 Å². The maximum atomic E-state index is 6.24. The Labute approximate surface area is 115 Å². The van der Waals surface area contributed by atoms with E-state index in [0.717, 1.165) is 17.5 Å². The maximum Gasteiger partial charge on any atom is 0.0561 e. The molecule has 1 rings (SSSR count). The average Bonchev–Trinajstić information content (AvgIpc) is 2.71. The van der Waals surface area contributed by atoms with Crippen LogP contribution in [0.1, 0.15) is 57.4 Å². The topological polar surface area (TPSA) is 12.0 Å². The van der Waals surface area contributed by atoms with E-state index in [4.69, 9.17) is 11.6 Å². The first-order valence-electron chi connectivity index (χ1n) is 6.65. The first-order valence-corrected chi connectivity index (χ1v) is 7.91. The molecule has 1 aromatic rings. The predicted molar refractivity (Wildman–Crippen MR) is 79.1 cm³/mol. The van der Waals surface area contributed by atoms with Gasteiger partial charge < -0.3 is 5.32 Å². The molecule has 1 heterocycles. The van der Waals surface area contributed by atoms with Gasteiger partial charge in [0.15, 0.2) is 0 Å². The van der Waals surface area contributed by atoms with Crippen molar-refractivity contribution in [1.29, 1.82) is 0 Å². The highest BCUT2D eigenvalue weighted by Gasteiger charge is 2.18. The van der Waals surface area contributed by atoms with Crippen molar-refractivity contribution in [3.8, 4) is 0 Å². The Kier molecular flexibility index (Phi) is 7.17. The number of thiophene rings is 1. The van der Waals surface area contributed by atoms with Crippen LogP contribution in [0.15, 0.2) is 11.4 Å². The van der Waals surface area contributed by atoms with Crippen LogP contribution >= 0.6 is 22.9 Å². The fourth-order valence-electron chi connectivity index (χ4n) is 2.17. The molecule has 0 amide bonds. The minimum atomic E-state index is 0.434. The summed E-state index contributed by atoms with van der Waals surface area (Å²) in [4.78, 5) is 1.31. The second-order valence-corrected chi connectivity index (χ2v) is 6.12. The Bertz CT molecular complexity index is 311. The fraction of sp³-hybridized carbons (Fsp3) is 0.714. The van der Waals surface area contributed by atoms with Gasteiger partial charge in [-0.3, -0.25) is 0 Å². The zero-order valence-corrected chi connectivity index (χ0v) is 12.7. The molecule has 0 saturated carbocycles. The first-order chi connectivity index (χ1) is 8.19. The van der Waals surface area contributed by atoms with Gasteiger partial charge in [0.2, 0.25) is 0 Å². The minimum absolute atomic E-state index is 0.434. The van der Waals surface area contributed by atoms with Crippen LogP contribution in [0, 0.1) is 5.92 Å². The van der Waals surface area contributed by atoms with E-state index < -0.39 is 0 Å². The van der Waals surface area contributed by atoms with Crippen LogP contribution in [0.5, 0.6) is 0 Å². The molecule has 0 aliphatic carbocycles. The van der Waals surface area contributed by atoms with Crippen LogP contribution in [0.2, 0.25) is 5.02 Å². The van der Waals surface area contributed by atoms with Gasteiger partial charge in [0, 0.05) is 10.9 Å². The third kappa shape index (κ3) is 4.99. The molecule has 1 aromatic heterocycles. The molecule has 0 bridgehead atoms. The summed E-state index contributed by atoms with van der Waals surface area (Å²) in [5, 5.41) is 6.64. The summed E-state index contributed by atoms with van der Waals surface area (Å²) in [6, 6.07) is 2.44. The van der Waals surface area contributed by atoms with Gasteiger partial charge in [-0.1, -0.05) is 45.2 Å². The van der Waals surface area contributed by atoms with Crippen molar-refractivity contribution in [2.75, 3.05) is 6.54 Å². The zero-order chi connectivity index (χ0) is 12.7. The average molecular weight is 274 g/mol. The molecular formula is C14H24ClNS. The summed E-state index contributed by atoms with van der Waals surface area (Å²) < 4.78 is 0. The molecule has 0 radical (unpaired) electrons. The monoisotopic (exact) mass is 273 g/mol. The second kappa shape index (κ2) is 8.12. The number of rotatable bonds is 8. The van der Waals surface area contributed by atoms with Gasteiger partial charge in [-0.15, -0.1) is 11.3 Å². The Morgan fingerprint density at radius 1 is 1.35 bits per heavy atom. The SMILES string of the molecule is CCCNC(CC(C)CCC)c1sccc1Cl. The van der Waals surface area contributed by atoms with E-state index in [9.17, 15) is 0 Å². The van der Waals surface area contributed by atoms with E-state index in [2.05, 4.69) is 31.5 Å². The van der Waals surface area contributed by atoms with E-state index in [1.807, 2.05) is 6.07 Å². The molecule has 0 aromatic carbocycles. The summed E-state index contributed by atoms with van der Waals surface area (Å²) in [7, 11) is 0. The van der Waals surface area contributed by atoms with Crippen molar-refractivity contribution in [1.82, 2.24) is 5.32 Å². The van der Waals surface area contributed by atoms with Crippen molar-refractivity contribution in [3.63, 3.8) is 0 Å². The number of hydrogen-bond donors (Lipinski definition) is 1. The molecule has 0 aliphatic heterocycles. The van der Waals surface area contributed by atoms with Gasteiger partial charge in [0.25, 0.3) is 0 Å². The molecule has 3 heteroatoms. The largest absolute Gasteiger partial charge is 0.309 e. The lowest BCUT2D eigenvalue weighted by Crippen LogP contribution is -2.23. The molecule has 98 valence electrons. The predicted octanol–water partition coefficient (Wildman–Crippen LogP) is 5.27. The Hall–Kier alpha value is -0.0500. The quantitative estimate of drug-likeness (QED) is 0.680. The zero-order valence-electron chi connectivity index (χ0n) is 11.1. The van der Waals surface area contributed by atoms with Crippen LogP contribution in [-0.4, -0.2) is 6.54 Å². The fourth-order valence-corrected chi connectivity index (χ4v) is 3.45. The van der Waals surface area contributed by atoms with Crippen molar-refractivity contribution in [2.24, 2.45) is 5.92 Å². The summed E-state index contributed by atoms with van der Waals surface area (Å²) >= 11 is 8.02. The Morgan fingerprint density at radius 2 is 2.12 bits per heavy atom. The minimum Gasteiger partial charge on any atom is -0.309 e. The van der Waals surface area contributed by atoms with E-state index in [1.54, 1.807) is 11.3 Å². The van der Waals surface area contributed by atoms with Crippen molar-refractivity contribution in [2.45, 2.75) is 52.5 Å². The van der Waals surface area contributed by atoms with E-state index in [-0.39, 0.29) is 0 Å². The molecule has 0 fully saturated rings. The van der Waals surface area contributed by atoms with E-state index in [1.165, 1.54) is 30.6 Å². The molecule has 2 atom stereocenters. The lowest BCUT2D eigenvalue weighted by molar-refractivity contribution is 0.394. The van der Waals surface area contributed by atoms with Gasteiger partial charge in [-0.25, -0.2) is 0 Å². The van der Waals surface area contributed by atoms with Gasteiger partial charge in [-0.05, 0) is 36.8 Å². The number of halogens is 1. The number of hydrogen-bond acceptors (Lipinski definition) is 2. The molecule has 0 saturated heterocycles. The molecule has 1 nitrogen and oxygen atoms in total. The van der Waals surface area contributed by atoms with Gasteiger partial charge in [0.1, 0.15) is 0 Å². The number of nitrogens with one attached hydrogen (secondary N) is 1. The highest BCUT2D eigenvalue weighted by molar-refractivity contribution is 7.10.